The van der Waals surface area contributed by atoms with E-state index in [0.29, 0.717) is 16.1 Å². The molecule has 1 aliphatic heterocycles. The second-order valence-electron chi connectivity index (χ2n) is 8.28. The third kappa shape index (κ3) is 2.81. The monoisotopic (exact) mass is 453 g/mol. The van der Waals surface area contributed by atoms with Crippen molar-refractivity contribution in [2.24, 2.45) is 0 Å². The van der Waals surface area contributed by atoms with E-state index in [4.69, 9.17) is 28.2 Å². The van der Waals surface area contributed by atoms with E-state index in [1.165, 1.54) is 41.4 Å². The van der Waals surface area contributed by atoms with Gasteiger partial charge in [0.05, 0.1) is 16.8 Å². The number of fused-ring (bicyclic) bond motifs is 3. The van der Waals surface area contributed by atoms with E-state index in [1.807, 2.05) is 12.1 Å². The summed E-state index contributed by atoms with van der Waals surface area (Å²) in [6.45, 7) is 4.17. The van der Waals surface area contributed by atoms with Crippen LogP contribution in [0.1, 0.15) is 35.7 Å². The molecule has 6 rings (SSSR count). The number of halogens is 2. The molecule has 6 heteroatoms. The third-order valence-corrected chi connectivity index (χ3v) is 7.90. The number of hydrogen-bond donors (Lipinski definition) is 0. The first-order valence-electron chi connectivity index (χ1n) is 10.4. The highest BCUT2D eigenvalue weighted by Gasteiger charge is 2.36. The molecule has 0 radical (unpaired) electrons. The largest absolute Gasteiger partial charge is 0.341 e. The van der Waals surface area contributed by atoms with E-state index in [0.717, 1.165) is 29.5 Å². The zero-order valence-corrected chi connectivity index (χ0v) is 19.0. The number of rotatable bonds is 2. The quantitative estimate of drug-likeness (QED) is 0.317. The molecule has 0 bridgehead atoms. The van der Waals surface area contributed by atoms with Crippen LogP contribution in [0.25, 0.3) is 22.2 Å². The maximum atomic E-state index is 6.43. The molecule has 0 N–H and O–H groups in total. The molecule has 2 aromatic carbocycles. The lowest BCUT2D eigenvalue weighted by Crippen LogP contribution is -2.39. The van der Waals surface area contributed by atoms with E-state index >= 15 is 0 Å². The summed E-state index contributed by atoms with van der Waals surface area (Å²) in [6, 6.07) is 12.9. The summed E-state index contributed by atoms with van der Waals surface area (Å²) in [5.41, 5.74) is 7.65. The molecule has 2 aromatic heterocycles. The van der Waals surface area contributed by atoms with Gasteiger partial charge in [-0.15, -0.1) is 11.3 Å². The molecule has 2 aliphatic rings. The third-order valence-electron chi connectivity index (χ3n) is 6.47. The average molecular weight is 454 g/mol. The van der Waals surface area contributed by atoms with Gasteiger partial charge in [0.2, 0.25) is 0 Å². The molecule has 1 aliphatic carbocycles. The molecule has 0 fully saturated rings. The number of aromatic nitrogens is 2. The lowest BCUT2D eigenvalue weighted by molar-refractivity contribution is 0.437. The van der Waals surface area contributed by atoms with Crippen molar-refractivity contribution in [1.82, 2.24) is 9.55 Å². The molecule has 152 valence electrons. The Labute approximate surface area is 189 Å². The molecular formula is C24H21Cl2N3S. The van der Waals surface area contributed by atoms with E-state index in [9.17, 15) is 0 Å². The smallest absolute Gasteiger partial charge is 0.186 e. The van der Waals surface area contributed by atoms with Gasteiger partial charge in [0, 0.05) is 45.7 Å². The van der Waals surface area contributed by atoms with Crippen LogP contribution in [0.4, 0.5) is 5.13 Å². The summed E-state index contributed by atoms with van der Waals surface area (Å²) in [4.78, 5) is 7.51. The van der Waals surface area contributed by atoms with Crippen LogP contribution in [0.2, 0.25) is 10.0 Å². The van der Waals surface area contributed by atoms with Gasteiger partial charge in [-0.25, -0.2) is 4.98 Å². The number of anilines is 1. The molecule has 0 saturated heterocycles. The lowest BCUT2D eigenvalue weighted by Gasteiger charge is -2.39. The van der Waals surface area contributed by atoms with Gasteiger partial charge in [0.25, 0.3) is 0 Å². The summed E-state index contributed by atoms with van der Waals surface area (Å²) < 4.78 is 2.56. The maximum Gasteiger partial charge on any atom is 0.186 e. The van der Waals surface area contributed by atoms with Gasteiger partial charge in [0.1, 0.15) is 0 Å². The molecule has 1 unspecified atom stereocenters. The summed E-state index contributed by atoms with van der Waals surface area (Å²) in [5.74, 6) is 0. The fraction of sp³-hybridized carbons (Fsp3) is 0.292. The van der Waals surface area contributed by atoms with Crippen molar-refractivity contribution in [2.75, 3.05) is 11.4 Å². The Bertz CT molecular complexity index is 1290. The highest BCUT2D eigenvalue weighted by Crippen LogP contribution is 2.45. The van der Waals surface area contributed by atoms with E-state index < -0.39 is 0 Å². The number of thiazole rings is 1. The Morgan fingerprint density at radius 3 is 2.87 bits per heavy atom. The van der Waals surface area contributed by atoms with Crippen molar-refractivity contribution >= 4 is 50.6 Å². The summed E-state index contributed by atoms with van der Waals surface area (Å²) >= 11 is 14.2. The van der Waals surface area contributed by atoms with Crippen LogP contribution >= 0.6 is 34.5 Å². The van der Waals surface area contributed by atoms with Crippen LogP contribution in [0.15, 0.2) is 41.8 Å². The minimum atomic E-state index is 0.398. The van der Waals surface area contributed by atoms with Gasteiger partial charge in [-0.3, -0.25) is 0 Å². The van der Waals surface area contributed by atoms with Crippen molar-refractivity contribution in [2.45, 2.75) is 38.8 Å². The molecule has 3 nitrogen and oxygen atoms in total. The van der Waals surface area contributed by atoms with Crippen LogP contribution in [-0.4, -0.2) is 16.1 Å². The Kier molecular flexibility index (Phi) is 4.38. The highest BCUT2D eigenvalue weighted by molar-refractivity contribution is 7.14. The fourth-order valence-electron chi connectivity index (χ4n) is 5.16. The number of benzene rings is 2. The second kappa shape index (κ2) is 7.01. The topological polar surface area (TPSA) is 21.1 Å². The van der Waals surface area contributed by atoms with Gasteiger partial charge in [0.15, 0.2) is 5.13 Å². The molecule has 3 heterocycles. The number of nitrogens with zero attached hydrogens (tertiary/aromatic N) is 3. The number of hydrogen-bond acceptors (Lipinski definition) is 3. The molecule has 4 aromatic rings. The van der Waals surface area contributed by atoms with Crippen molar-refractivity contribution in [3.05, 3.63) is 68.6 Å². The zero-order valence-electron chi connectivity index (χ0n) is 16.7. The van der Waals surface area contributed by atoms with Crippen LogP contribution in [0, 0.1) is 6.92 Å². The van der Waals surface area contributed by atoms with Crippen molar-refractivity contribution < 1.29 is 0 Å². The zero-order chi connectivity index (χ0) is 20.4. The SMILES string of the molecule is Cc1ccc2c(c1)c1c3n2CCN(c2nc(-c4ccc(Cl)cc4Cl)cs2)C3CCC1. The van der Waals surface area contributed by atoms with Crippen molar-refractivity contribution in [3.8, 4) is 11.3 Å². The molecule has 1 atom stereocenters. The predicted octanol–water partition coefficient (Wildman–Crippen LogP) is 7.28. The van der Waals surface area contributed by atoms with E-state index in [2.05, 4.69) is 40.0 Å². The predicted molar refractivity (Wildman–Crippen MR) is 127 cm³/mol. The minimum absolute atomic E-state index is 0.398. The maximum absolute atomic E-state index is 6.43. The molecule has 30 heavy (non-hydrogen) atoms. The molecule has 0 spiro atoms. The van der Waals surface area contributed by atoms with Gasteiger partial charge >= 0.3 is 0 Å². The molecule has 0 amide bonds. The molecule has 0 saturated carbocycles. The lowest BCUT2D eigenvalue weighted by atomic mass is 9.90. The van der Waals surface area contributed by atoms with Gasteiger partial charge in [-0.05, 0) is 62.1 Å². The Hall–Kier alpha value is -2.01. The number of aryl methyl sites for hydroxylation is 2. The normalized spacial score (nSPS) is 18.1. The van der Waals surface area contributed by atoms with Crippen LogP contribution in [-0.2, 0) is 13.0 Å². The van der Waals surface area contributed by atoms with E-state index in [-0.39, 0.29) is 0 Å². The summed E-state index contributed by atoms with van der Waals surface area (Å²) in [7, 11) is 0. The van der Waals surface area contributed by atoms with Gasteiger partial charge in [-0.1, -0.05) is 34.8 Å². The fourth-order valence-corrected chi connectivity index (χ4v) is 6.57. The van der Waals surface area contributed by atoms with Gasteiger partial charge in [-0.2, -0.15) is 0 Å². The van der Waals surface area contributed by atoms with Gasteiger partial charge < -0.3 is 9.47 Å². The minimum Gasteiger partial charge on any atom is -0.341 e. The van der Waals surface area contributed by atoms with Crippen LogP contribution in [0.5, 0.6) is 0 Å². The van der Waals surface area contributed by atoms with E-state index in [1.54, 1.807) is 23.0 Å². The Morgan fingerprint density at radius 1 is 1.10 bits per heavy atom. The first-order chi connectivity index (χ1) is 14.6. The van der Waals surface area contributed by atoms with Crippen LogP contribution in [0.3, 0.4) is 0 Å². The second-order valence-corrected chi connectivity index (χ2v) is 9.96. The Morgan fingerprint density at radius 2 is 2.00 bits per heavy atom. The standard InChI is InChI=1S/C24H21Cl2N3S/c1-14-5-8-21-18(11-14)16-3-2-4-22-23(16)28(21)9-10-29(22)24-27-20(13-30-24)17-7-6-15(25)12-19(17)26/h5-8,11-13,22H,2-4,9-10H2,1H3. The average Bonchev–Trinajstić information content (AvgIpc) is 3.33. The summed E-state index contributed by atoms with van der Waals surface area (Å²) in [6.07, 6.45) is 3.58. The van der Waals surface area contributed by atoms with Crippen molar-refractivity contribution in [1.29, 1.82) is 0 Å². The summed E-state index contributed by atoms with van der Waals surface area (Å²) in [5, 5.41) is 5.94. The highest BCUT2D eigenvalue weighted by atomic mass is 35.5. The first kappa shape index (κ1) is 18.7. The van der Waals surface area contributed by atoms with Crippen molar-refractivity contribution in [3.63, 3.8) is 0 Å². The van der Waals surface area contributed by atoms with Crippen LogP contribution < -0.4 is 4.90 Å². The first-order valence-corrected chi connectivity index (χ1v) is 12.0. The molecular weight excluding hydrogens is 433 g/mol. The Balaban J connectivity index is 1.42.